The molecule has 0 spiro atoms. The van der Waals surface area contributed by atoms with Gasteiger partial charge in [-0.25, -0.2) is 0 Å². The second-order valence-electron chi connectivity index (χ2n) is 8.55. The first-order valence-corrected chi connectivity index (χ1v) is 8.52. The van der Waals surface area contributed by atoms with Crippen molar-refractivity contribution in [2.45, 2.75) is 60.3 Å². The molecule has 2 heteroatoms. The lowest BCUT2D eigenvalue weighted by Crippen LogP contribution is -2.37. The fourth-order valence-corrected chi connectivity index (χ4v) is 3.95. The normalized spacial score (nSPS) is 33.1. The first kappa shape index (κ1) is 16.0. The first-order valence-electron chi connectivity index (χ1n) is 8.52. The molecule has 0 aromatic heterocycles. The molecule has 116 valence electrons. The Bertz CT molecular complexity index is 342. The third-order valence-electron chi connectivity index (χ3n) is 5.72. The van der Waals surface area contributed by atoms with Gasteiger partial charge in [0.1, 0.15) is 5.78 Å². The number of nitrogens with zero attached hydrogens (tertiary/aromatic N) is 1. The van der Waals surface area contributed by atoms with Gasteiger partial charge in [-0.15, -0.1) is 0 Å². The molecule has 3 unspecified atom stereocenters. The molecule has 1 saturated heterocycles. The first-order chi connectivity index (χ1) is 9.27. The Morgan fingerprint density at radius 2 is 1.95 bits per heavy atom. The Hall–Kier alpha value is -0.370. The van der Waals surface area contributed by atoms with Crippen molar-refractivity contribution in [2.75, 3.05) is 19.6 Å². The summed E-state index contributed by atoms with van der Waals surface area (Å²) in [7, 11) is 0. The molecule has 2 nitrogen and oxygen atoms in total. The van der Waals surface area contributed by atoms with Crippen LogP contribution < -0.4 is 0 Å². The van der Waals surface area contributed by atoms with Crippen molar-refractivity contribution in [3.8, 4) is 0 Å². The molecule has 0 aromatic carbocycles. The van der Waals surface area contributed by atoms with Gasteiger partial charge in [-0.1, -0.05) is 34.6 Å². The molecular weight excluding hydrogens is 246 g/mol. The van der Waals surface area contributed by atoms with Crippen molar-refractivity contribution in [1.29, 1.82) is 0 Å². The van der Waals surface area contributed by atoms with Crippen molar-refractivity contribution in [2.24, 2.45) is 29.1 Å². The minimum atomic E-state index is 0.315. The topological polar surface area (TPSA) is 20.3 Å². The summed E-state index contributed by atoms with van der Waals surface area (Å²) in [5.41, 5.74) is 0.409. The van der Waals surface area contributed by atoms with Gasteiger partial charge in [0.15, 0.2) is 0 Å². The van der Waals surface area contributed by atoms with Gasteiger partial charge >= 0.3 is 0 Å². The van der Waals surface area contributed by atoms with Gasteiger partial charge in [0.25, 0.3) is 0 Å². The third-order valence-corrected chi connectivity index (χ3v) is 5.72. The molecule has 0 bridgehead atoms. The van der Waals surface area contributed by atoms with E-state index in [1.165, 1.54) is 19.5 Å². The van der Waals surface area contributed by atoms with Crippen LogP contribution in [0.2, 0.25) is 0 Å². The molecule has 3 atom stereocenters. The SMILES string of the molecule is CC(C)C1CCC(=O)C(CN2CCC(C(C)(C)C)C2)C1. The van der Waals surface area contributed by atoms with E-state index in [0.29, 0.717) is 17.1 Å². The van der Waals surface area contributed by atoms with Gasteiger partial charge in [-0.3, -0.25) is 4.79 Å². The van der Waals surface area contributed by atoms with Gasteiger partial charge < -0.3 is 4.90 Å². The molecule has 20 heavy (non-hydrogen) atoms. The van der Waals surface area contributed by atoms with Crippen LogP contribution in [0.3, 0.4) is 0 Å². The monoisotopic (exact) mass is 279 g/mol. The quantitative estimate of drug-likeness (QED) is 0.778. The maximum Gasteiger partial charge on any atom is 0.137 e. The highest BCUT2D eigenvalue weighted by molar-refractivity contribution is 5.82. The summed E-state index contributed by atoms with van der Waals surface area (Å²) in [6, 6.07) is 0. The molecule has 0 aromatic rings. The van der Waals surface area contributed by atoms with E-state index < -0.39 is 0 Å². The van der Waals surface area contributed by atoms with E-state index in [2.05, 4.69) is 39.5 Å². The van der Waals surface area contributed by atoms with Crippen LogP contribution in [0.15, 0.2) is 0 Å². The standard InChI is InChI=1S/C18H33NO/c1-13(2)14-6-7-17(20)15(10-14)11-19-9-8-16(12-19)18(3,4)5/h13-16H,6-12H2,1-5H3. The van der Waals surface area contributed by atoms with Crippen molar-refractivity contribution >= 4 is 5.78 Å². The lowest BCUT2D eigenvalue weighted by molar-refractivity contribution is -0.126. The highest BCUT2D eigenvalue weighted by Crippen LogP contribution is 2.36. The fourth-order valence-electron chi connectivity index (χ4n) is 3.95. The zero-order chi connectivity index (χ0) is 14.9. The molecule has 1 saturated carbocycles. The summed E-state index contributed by atoms with van der Waals surface area (Å²) < 4.78 is 0. The number of ketones is 1. The summed E-state index contributed by atoms with van der Waals surface area (Å²) >= 11 is 0. The molecule has 0 amide bonds. The van der Waals surface area contributed by atoms with Crippen LogP contribution in [0.1, 0.15) is 60.3 Å². The van der Waals surface area contributed by atoms with E-state index in [0.717, 1.165) is 43.6 Å². The second-order valence-corrected chi connectivity index (χ2v) is 8.55. The van der Waals surface area contributed by atoms with Crippen molar-refractivity contribution in [1.82, 2.24) is 4.90 Å². The van der Waals surface area contributed by atoms with E-state index in [1.807, 2.05) is 0 Å². The van der Waals surface area contributed by atoms with Crippen molar-refractivity contribution < 1.29 is 4.79 Å². The molecule has 1 heterocycles. The summed E-state index contributed by atoms with van der Waals surface area (Å²) in [4.78, 5) is 14.8. The summed E-state index contributed by atoms with van der Waals surface area (Å²) in [5, 5.41) is 0. The highest BCUT2D eigenvalue weighted by Gasteiger charge is 2.36. The van der Waals surface area contributed by atoms with Crippen LogP contribution in [-0.4, -0.2) is 30.3 Å². The molecule has 1 aliphatic heterocycles. The average Bonchev–Trinajstić information content (AvgIpc) is 2.80. The number of rotatable bonds is 3. The van der Waals surface area contributed by atoms with Gasteiger partial charge in [0, 0.05) is 25.4 Å². The number of hydrogen-bond donors (Lipinski definition) is 0. The summed E-state index contributed by atoms with van der Waals surface area (Å²) in [6.07, 6.45) is 4.38. The van der Waals surface area contributed by atoms with Crippen LogP contribution in [0, 0.1) is 29.1 Å². The third kappa shape index (κ3) is 3.84. The van der Waals surface area contributed by atoms with Crippen LogP contribution in [0.25, 0.3) is 0 Å². The zero-order valence-corrected chi connectivity index (χ0v) is 14.1. The van der Waals surface area contributed by atoms with Crippen LogP contribution in [0.5, 0.6) is 0 Å². The maximum atomic E-state index is 12.2. The molecule has 1 aliphatic carbocycles. The van der Waals surface area contributed by atoms with E-state index >= 15 is 0 Å². The number of hydrogen-bond acceptors (Lipinski definition) is 2. The lowest BCUT2D eigenvalue weighted by atomic mass is 9.75. The van der Waals surface area contributed by atoms with Gasteiger partial charge in [-0.05, 0) is 49.0 Å². The maximum absolute atomic E-state index is 12.2. The summed E-state index contributed by atoms with van der Waals surface area (Å²) in [5.74, 6) is 3.13. The number of Topliss-reactive ketones (excluding diaryl/α,β-unsaturated/α-hetero) is 1. The predicted octanol–water partition coefficient (Wildman–Crippen LogP) is 4.00. The minimum Gasteiger partial charge on any atom is -0.302 e. The highest BCUT2D eigenvalue weighted by atomic mass is 16.1. The Balaban J connectivity index is 1.88. The van der Waals surface area contributed by atoms with Crippen LogP contribution in [-0.2, 0) is 4.79 Å². The Morgan fingerprint density at radius 1 is 1.25 bits per heavy atom. The molecule has 0 radical (unpaired) electrons. The number of carbonyl (C=O) groups excluding carboxylic acids is 1. The van der Waals surface area contributed by atoms with E-state index in [-0.39, 0.29) is 0 Å². The summed E-state index contributed by atoms with van der Waals surface area (Å²) in [6.45, 7) is 15.1. The van der Waals surface area contributed by atoms with E-state index in [4.69, 9.17) is 0 Å². The predicted molar refractivity (Wildman–Crippen MR) is 84.7 cm³/mol. The van der Waals surface area contributed by atoms with Crippen molar-refractivity contribution in [3.63, 3.8) is 0 Å². The van der Waals surface area contributed by atoms with Crippen LogP contribution in [0.4, 0.5) is 0 Å². The Labute approximate surface area is 125 Å². The molecular formula is C18H33NO. The van der Waals surface area contributed by atoms with E-state index in [1.54, 1.807) is 0 Å². The number of carbonyl (C=O) groups is 1. The van der Waals surface area contributed by atoms with Gasteiger partial charge in [-0.2, -0.15) is 0 Å². The minimum absolute atomic E-state index is 0.315. The molecule has 2 rings (SSSR count). The molecule has 2 aliphatic rings. The molecule has 0 N–H and O–H groups in total. The second kappa shape index (κ2) is 6.17. The largest absolute Gasteiger partial charge is 0.302 e. The smallest absolute Gasteiger partial charge is 0.137 e. The van der Waals surface area contributed by atoms with E-state index in [9.17, 15) is 4.79 Å². The van der Waals surface area contributed by atoms with Crippen molar-refractivity contribution in [3.05, 3.63) is 0 Å². The Kier molecular flexibility index (Phi) is 4.94. The zero-order valence-electron chi connectivity index (χ0n) is 14.1. The average molecular weight is 279 g/mol. The van der Waals surface area contributed by atoms with Gasteiger partial charge in [0.05, 0.1) is 0 Å². The molecule has 2 fully saturated rings. The fraction of sp³-hybridized carbons (Fsp3) is 0.944. The number of likely N-dealkylation sites (tertiary alicyclic amines) is 1. The lowest BCUT2D eigenvalue weighted by Gasteiger charge is -2.33. The van der Waals surface area contributed by atoms with Gasteiger partial charge in [0.2, 0.25) is 0 Å². The Morgan fingerprint density at radius 3 is 2.50 bits per heavy atom. The van der Waals surface area contributed by atoms with Crippen LogP contribution >= 0.6 is 0 Å².